The molecule has 0 aliphatic heterocycles. The summed E-state index contributed by atoms with van der Waals surface area (Å²) >= 11 is 0. The third-order valence-corrected chi connectivity index (χ3v) is 4.13. The van der Waals surface area contributed by atoms with Crippen LogP contribution < -0.4 is 0 Å². The lowest BCUT2D eigenvalue weighted by Crippen LogP contribution is -2.29. The first kappa shape index (κ1) is 14.1. The molecule has 1 radical (unpaired) electrons. The minimum atomic E-state index is 0.501. The molecule has 0 bridgehead atoms. The minimum Gasteiger partial charge on any atom is -0.0654 e. The summed E-state index contributed by atoms with van der Waals surface area (Å²) in [7, 11) is 0. The highest BCUT2D eigenvalue weighted by molar-refractivity contribution is 5.03. The van der Waals surface area contributed by atoms with Crippen molar-refractivity contribution in [1.29, 1.82) is 0 Å². The molecule has 1 fully saturated rings. The van der Waals surface area contributed by atoms with Gasteiger partial charge in [-0.1, -0.05) is 66.2 Å². The molecule has 1 aliphatic carbocycles. The standard InChI is InChI=1S/C16H31/c1-5-6-7-8-11-14-12-9-10-13-15(14)16(2,3)4/h15H,5-13H2,1-4H3. The largest absolute Gasteiger partial charge is 0.0654 e. The third kappa shape index (κ3) is 4.47. The van der Waals surface area contributed by atoms with Gasteiger partial charge in [0.15, 0.2) is 0 Å². The molecular formula is C16H31. The normalized spacial score (nSPS) is 23.6. The molecule has 1 atom stereocenters. The van der Waals surface area contributed by atoms with Crippen molar-refractivity contribution in [3.63, 3.8) is 0 Å². The molecule has 16 heavy (non-hydrogen) atoms. The number of hydrogen-bond donors (Lipinski definition) is 0. The maximum absolute atomic E-state index is 2.43. The van der Waals surface area contributed by atoms with Crippen molar-refractivity contribution in [1.82, 2.24) is 0 Å². The monoisotopic (exact) mass is 223 g/mol. The SMILES string of the molecule is CCCCCC[C]1CCCCC1C(C)(C)C. The maximum Gasteiger partial charge on any atom is -0.0205 e. The van der Waals surface area contributed by atoms with E-state index in [0.717, 1.165) is 5.92 Å². The van der Waals surface area contributed by atoms with E-state index in [1.807, 2.05) is 5.92 Å². The summed E-state index contributed by atoms with van der Waals surface area (Å²) in [6, 6.07) is 0. The van der Waals surface area contributed by atoms with Gasteiger partial charge in [-0.2, -0.15) is 0 Å². The second-order valence-corrected chi connectivity index (χ2v) is 6.63. The molecule has 0 aromatic heterocycles. The molecule has 0 saturated heterocycles. The van der Waals surface area contributed by atoms with Crippen LogP contribution in [0.25, 0.3) is 0 Å². The molecule has 0 N–H and O–H groups in total. The van der Waals surface area contributed by atoms with E-state index >= 15 is 0 Å². The van der Waals surface area contributed by atoms with Gasteiger partial charge in [0.25, 0.3) is 0 Å². The van der Waals surface area contributed by atoms with Crippen molar-refractivity contribution in [3.8, 4) is 0 Å². The average molecular weight is 223 g/mol. The first-order valence-electron chi connectivity index (χ1n) is 7.40. The Hall–Kier alpha value is 0. The first-order valence-corrected chi connectivity index (χ1v) is 7.40. The van der Waals surface area contributed by atoms with Crippen LogP contribution in [-0.4, -0.2) is 0 Å². The van der Waals surface area contributed by atoms with Crippen LogP contribution in [0.4, 0.5) is 0 Å². The Morgan fingerprint density at radius 2 is 1.81 bits per heavy atom. The fourth-order valence-electron chi connectivity index (χ4n) is 3.20. The van der Waals surface area contributed by atoms with Gasteiger partial charge >= 0.3 is 0 Å². The Kier molecular flexibility index (Phi) is 5.86. The minimum absolute atomic E-state index is 0.501. The fraction of sp³-hybridized carbons (Fsp3) is 0.938. The molecule has 0 heterocycles. The van der Waals surface area contributed by atoms with Crippen LogP contribution in [0.3, 0.4) is 0 Å². The second-order valence-electron chi connectivity index (χ2n) is 6.63. The molecule has 0 nitrogen and oxygen atoms in total. The molecule has 0 aromatic rings. The van der Waals surface area contributed by atoms with Crippen LogP contribution in [-0.2, 0) is 0 Å². The van der Waals surface area contributed by atoms with E-state index < -0.39 is 0 Å². The molecule has 95 valence electrons. The van der Waals surface area contributed by atoms with E-state index in [2.05, 4.69) is 27.7 Å². The van der Waals surface area contributed by atoms with Crippen LogP contribution >= 0.6 is 0 Å². The van der Waals surface area contributed by atoms with Crippen molar-refractivity contribution in [3.05, 3.63) is 5.92 Å². The highest BCUT2D eigenvalue weighted by atomic mass is 14.4. The second kappa shape index (κ2) is 6.67. The molecule has 1 saturated carbocycles. The van der Waals surface area contributed by atoms with Crippen LogP contribution in [0.15, 0.2) is 0 Å². The summed E-state index contributed by atoms with van der Waals surface area (Å²) < 4.78 is 0. The highest BCUT2D eigenvalue weighted by Crippen LogP contribution is 2.45. The Bertz CT molecular complexity index is 175. The van der Waals surface area contributed by atoms with Gasteiger partial charge in [0.05, 0.1) is 0 Å². The zero-order chi connectivity index (χ0) is 12.0. The van der Waals surface area contributed by atoms with Gasteiger partial charge in [-0.05, 0) is 36.5 Å². The van der Waals surface area contributed by atoms with Crippen LogP contribution in [0.2, 0.25) is 0 Å². The molecule has 0 heteroatoms. The lowest BCUT2D eigenvalue weighted by atomic mass is 9.65. The maximum atomic E-state index is 2.43. The third-order valence-electron chi connectivity index (χ3n) is 4.13. The van der Waals surface area contributed by atoms with E-state index in [-0.39, 0.29) is 0 Å². The molecule has 1 rings (SSSR count). The van der Waals surface area contributed by atoms with E-state index in [4.69, 9.17) is 0 Å². The van der Waals surface area contributed by atoms with Gasteiger partial charge in [-0.25, -0.2) is 0 Å². The van der Waals surface area contributed by atoms with E-state index in [1.165, 1.54) is 57.8 Å². The topological polar surface area (TPSA) is 0 Å². The molecular weight excluding hydrogens is 192 g/mol. The van der Waals surface area contributed by atoms with Gasteiger partial charge < -0.3 is 0 Å². The number of rotatable bonds is 5. The molecule has 1 unspecified atom stereocenters. The molecule has 1 aliphatic rings. The summed E-state index contributed by atoms with van der Waals surface area (Å²) in [6.45, 7) is 9.57. The Balaban J connectivity index is 2.35. The van der Waals surface area contributed by atoms with Crippen molar-refractivity contribution in [2.75, 3.05) is 0 Å². The van der Waals surface area contributed by atoms with Crippen molar-refractivity contribution in [2.24, 2.45) is 11.3 Å². The van der Waals surface area contributed by atoms with Gasteiger partial charge in [0.2, 0.25) is 0 Å². The van der Waals surface area contributed by atoms with E-state index in [0.29, 0.717) is 5.41 Å². The quantitative estimate of drug-likeness (QED) is 0.519. The van der Waals surface area contributed by atoms with Crippen LogP contribution in [0, 0.1) is 17.3 Å². The Labute approximate surface area is 103 Å². The average Bonchev–Trinajstić information content (AvgIpc) is 2.24. The smallest absolute Gasteiger partial charge is 0.0205 e. The first-order chi connectivity index (χ1) is 7.55. The molecule has 0 aromatic carbocycles. The number of unbranched alkanes of at least 4 members (excludes halogenated alkanes) is 3. The zero-order valence-corrected chi connectivity index (χ0v) is 11.9. The van der Waals surface area contributed by atoms with E-state index in [9.17, 15) is 0 Å². The summed E-state index contributed by atoms with van der Waals surface area (Å²) in [4.78, 5) is 0. The van der Waals surface area contributed by atoms with Crippen molar-refractivity contribution < 1.29 is 0 Å². The van der Waals surface area contributed by atoms with Gasteiger partial charge in [-0.3, -0.25) is 0 Å². The fourth-order valence-corrected chi connectivity index (χ4v) is 3.20. The van der Waals surface area contributed by atoms with Crippen LogP contribution in [0.5, 0.6) is 0 Å². The summed E-state index contributed by atoms with van der Waals surface area (Å²) in [5, 5.41) is 0. The molecule has 0 amide bonds. The predicted octanol–water partition coefficient (Wildman–Crippen LogP) is 5.77. The lowest BCUT2D eigenvalue weighted by Gasteiger charge is -2.40. The van der Waals surface area contributed by atoms with Gasteiger partial charge in [-0.15, -0.1) is 0 Å². The highest BCUT2D eigenvalue weighted by Gasteiger charge is 2.33. The Morgan fingerprint density at radius 3 is 2.44 bits per heavy atom. The number of hydrogen-bond acceptors (Lipinski definition) is 0. The summed E-state index contributed by atoms with van der Waals surface area (Å²) in [5.41, 5.74) is 0.501. The van der Waals surface area contributed by atoms with Crippen LogP contribution in [0.1, 0.15) is 85.5 Å². The van der Waals surface area contributed by atoms with Crippen molar-refractivity contribution >= 4 is 0 Å². The lowest BCUT2D eigenvalue weighted by molar-refractivity contribution is 0.194. The van der Waals surface area contributed by atoms with E-state index in [1.54, 1.807) is 0 Å². The Morgan fingerprint density at radius 1 is 1.06 bits per heavy atom. The predicted molar refractivity (Wildman–Crippen MR) is 73.4 cm³/mol. The van der Waals surface area contributed by atoms with Crippen molar-refractivity contribution in [2.45, 2.75) is 85.5 Å². The molecule has 0 spiro atoms. The van der Waals surface area contributed by atoms with Gasteiger partial charge in [0, 0.05) is 0 Å². The van der Waals surface area contributed by atoms with Gasteiger partial charge in [0.1, 0.15) is 0 Å². The summed E-state index contributed by atoms with van der Waals surface area (Å²) in [5.74, 6) is 2.80. The zero-order valence-electron chi connectivity index (χ0n) is 11.9. The summed E-state index contributed by atoms with van der Waals surface area (Å²) in [6.07, 6.45) is 12.9.